The van der Waals surface area contributed by atoms with Crippen molar-refractivity contribution in [2.45, 2.75) is 32.0 Å². The van der Waals surface area contributed by atoms with Gasteiger partial charge in [0.1, 0.15) is 5.76 Å². The molecule has 3 aromatic heterocycles. The molecule has 1 unspecified atom stereocenters. The molecule has 0 radical (unpaired) electrons. The molecule has 1 fully saturated rings. The first-order valence-electron chi connectivity index (χ1n) is 11.8. The smallest absolute Gasteiger partial charge is 0.330 e. The molecule has 0 saturated carbocycles. The third-order valence-corrected chi connectivity index (χ3v) is 6.65. The second-order valence-corrected chi connectivity index (χ2v) is 9.29. The molecule has 5 aromatic rings. The van der Waals surface area contributed by atoms with Gasteiger partial charge in [-0.2, -0.15) is 0 Å². The Morgan fingerprint density at radius 3 is 2.61 bits per heavy atom. The molecule has 0 spiro atoms. The Hall–Kier alpha value is -3.88. The van der Waals surface area contributed by atoms with E-state index in [1.54, 1.807) is 6.07 Å². The van der Waals surface area contributed by atoms with E-state index in [9.17, 15) is 9.59 Å². The van der Waals surface area contributed by atoms with E-state index >= 15 is 0 Å². The minimum atomic E-state index is -0.510. The van der Waals surface area contributed by atoms with Gasteiger partial charge in [0.05, 0.1) is 19.2 Å². The Kier molecular flexibility index (Phi) is 5.83. The third kappa shape index (κ3) is 4.19. The molecule has 0 bridgehead atoms. The van der Waals surface area contributed by atoms with Crippen molar-refractivity contribution in [2.24, 2.45) is 0 Å². The molecule has 1 aliphatic rings. The lowest BCUT2D eigenvalue weighted by molar-refractivity contribution is 0.0981. The van der Waals surface area contributed by atoms with E-state index in [1.165, 1.54) is 4.57 Å². The number of benzene rings is 2. The topological polar surface area (TPSA) is 95.0 Å². The summed E-state index contributed by atoms with van der Waals surface area (Å²) in [6.45, 7) is 1.38. The number of hydrogen-bond acceptors (Lipinski definition) is 5. The highest BCUT2D eigenvalue weighted by atomic mass is 35.5. The van der Waals surface area contributed by atoms with Crippen LogP contribution in [0.2, 0.25) is 5.02 Å². The van der Waals surface area contributed by atoms with Gasteiger partial charge in [0, 0.05) is 17.2 Å². The lowest BCUT2D eigenvalue weighted by atomic mass is 10.2. The Bertz CT molecular complexity index is 1660. The van der Waals surface area contributed by atoms with Crippen molar-refractivity contribution in [3.05, 3.63) is 98.2 Å². The van der Waals surface area contributed by atoms with Crippen LogP contribution in [0, 0.1) is 0 Å². The molecule has 182 valence electrons. The van der Waals surface area contributed by atoms with Crippen molar-refractivity contribution >= 4 is 22.8 Å². The molecular formula is C27H23ClN4O4. The molecule has 1 aliphatic heterocycles. The predicted molar refractivity (Wildman–Crippen MR) is 137 cm³/mol. The summed E-state index contributed by atoms with van der Waals surface area (Å²) in [6.07, 6.45) is 1.78. The van der Waals surface area contributed by atoms with Crippen molar-refractivity contribution in [3.63, 3.8) is 0 Å². The van der Waals surface area contributed by atoms with Crippen LogP contribution in [0.15, 0.2) is 80.7 Å². The lowest BCUT2D eigenvalue weighted by Gasteiger charge is -2.13. The molecule has 1 saturated heterocycles. The summed E-state index contributed by atoms with van der Waals surface area (Å²) in [5, 5.41) is 0.604. The number of nitrogens with one attached hydrogen (secondary N) is 1. The fraction of sp³-hybridized carbons (Fsp3) is 0.222. The van der Waals surface area contributed by atoms with E-state index in [4.69, 9.17) is 25.7 Å². The van der Waals surface area contributed by atoms with Crippen molar-refractivity contribution in [1.82, 2.24) is 19.1 Å². The third-order valence-electron chi connectivity index (χ3n) is 6.41. The molecule has 6 rings (SSSR count). The standard InChI is InChI=1S/C27H23ClN4O4/c28-19-9-4-8-18(14-19)21-11-12-22(36-21)24-29-25-23(31(24)16-20-10-5-13-35-20)26(33)30-27(34)32(25)15-17-6-2-1-3-7-17/h1-4,6-9,11-12,14,20H,5,10,13,15-16H2,(H,30,33,34). The number of H-pyrrole nitrogens is 1. The zero-order valence-corrected chi connectivity index (χ0v) is 20.1. The van der Waals surface area contributed by atoms with E-state index in [2.05, 4.69) is 4.98 Å². The predicted octanol–water partition coefficient (Wildman–Crippen LogP) is 4.69. The van der Waals surface area contributed by atoms with Crippen molar-refractivity contribution in [1.29, 1.82) is 0 Å². The number of hydrogen-bond donors (Lipinski definition) is 1. The number of halogens is 1. The van der Waals surface area contributed by atoms with Gasteiger partial charge in [0.15, 0.2) is 22.7 Å². The normalized spacial score (nSPS) is 15.6. The van der Waals surface area contributed by atoms with Gasteiger partial charge in [-0.3, -0.25) is 14.3 Å². The number of nitrogens with zero attached hydrogens (tertiary/aromatic N) is 3. The number of aromatic amines is 1. The van der Waals surface area contributed by atoms with Crippen molar-refractivity contribution < 1.29 is 9.15 Å². The Balaban J connectivity index is 1.53. The molecule has 9 heteroatoms. The van der Waals surface area contributed by atoms with Gasteiger partial charge in [-0.15, -0.1) is 0 Å². The van der Waals surface area contributed by atoms with E-state index in [-0.39, 0.29) is 12.6 Å². The fourth-order valence-electron chi connectivity index (χ4n) is 4.70. The van der Waals surface area contributed by atoms with Crippen LogP contribution in [0.3, 0.4) is 0 Å². The van der Waals surface area contributed by atoms with Gasteiger partial charge in [0.25, 0.3) is 5.56 Å². The van der Waals surface area contributed by atoms with Crippen LogP contribution >= 0.6 is 11.6 Å². The van der Waals surface area contributed by atoms with E-state index < -0.39 is 11.2 Å². The number of aromatic nitrogens is 4. The van der Waals surface area contributed by atoms with E-state index in [0.29, 0.717) is 46.7 Å². The van der Waals surface area contributed by atoms with Gasteiger partial charge in [-0.05, 0) is 42.7 Å². The highest BCUT2D eigenvalue weighted by molar-refractivity contribution is 6.30. The van der Waals surface area contributed by atoms with Gasteiger partial charge in [0.2, 0.25) is 0 Å². The highest BCUT2D eigenvalue weighted by Crippen LogP contribution is 2.31. The zero-order valence-electron chi connectivity index (χ0n) is 19.3. The molecule has 0 amide bonds. The lowest BCUT2D eigenvalue weighted by Crippen LogP contribution is -2.32. The van der Waals surface area contributed by atoms with Crippen molar-refractivity contribution in [3.8, 4) is 22.9 Å². The molecule has 1 N–H and O–H groups in total. The second-order valence-electron chi connectivity index (χ2n) is 8.86. The monoisotopic (exact) mass is 502 g/mol. The van der Waals surface area contributed by atoms with Crippen LogP contribution in [0.4, 0.5) is 0 Å². The summed E-state index contributed by atoms with van der Waals surface area (Å²) >= 11 is 6.17. The Morgan fingerprint density at radius 2 is 1.83 bits per heavy atom. The SMILES string of the molecule is O=c1[nH]c(=O)n(Cc2ccccc2)c2nc(-c3ccc(-c4cccc(Cl)c4)o3)n(CC3CCCO3)c12. The van der Waals surface area contributed by atoms with E-state index in [1.807, 2.05) is 65.2 Å². The van der Waals surface area contributed by atoms with Gasteiger partial charge in [-0.25, -0.2) is 9.78 Å². The summed E-state index contributed by atoms with van der Waals surface area (Å²) in [4.78, 5) is 33.2. The van der Waals surface area contributed by atoms with Gasteiger partial charge in [-0.1, -0.05) is 54.1 Å². The van der Waals surface area contributed by atoms with Crippen LogP contribution in [0.25, 0.3) is 34.1 Å². The largest absolute Gasteiger partial charge is 0.453 e. The Labute approximate surface area is 210 Å². The average molecular weight is 503 g/mol. The first-order valence-corrected chi connectivity index (χ1v) is 12.2. The maximum Gasteiger partial charge on any atom is 0.330 e. The molecule has 8 nitrogen and oxygen atoms in total. The van der Waals surface area contributed by atoms with Crippen molar-refractivity contribution in [2.75, 3.05) is 6.61 Å². The van der Waals surface area contributed by atoms with Crippen LogP contribution in [0.5, 0.6) is 0 Å². The molecular weight excluding hydrogens is 480 g/mol. The summed E-state index contributed by atoms with van der Waals surface area (Å²) < 4.78 is 15.4. The van der Waals surface area contributed by atoms with Crippen LogP contribution in [-0.4, -0.2) is 31.8 Å². The minimum absolute atomic E-state index is 0.0579. The summed E-state index contributed by atoms with van der Waals surface area (Å²) in [7, 11) is 0. The Morgan fingerprint density at radius 1 is 1.00 bits per heavy atom. The maximum absolute atomic E-state index is 13.1. The molecule has 1 atom stereocenters. The summed E-state index contributed by atoms with van der Waals surface area (Å²) in [6, 6.07) is 20.6. The molecule has 4 heterocycles. The zero-order chi connectivity index (χ0) is 24.6. The number of ether oxygens (including phenoxy) is 1. The second kappa shape index (κ2) is 9.29. The van der Waals surface area contributed by atoms with E-state index in [0.717, 1.165) is 24.0 Å². The highest BCUT2D eigenvalue weighted by Gasteiger charge is 2.25. The first kappa shape index (κ1) is 22.6. The quantitative estimate of drug-likeness (QED) is 0.363. The number of furan rings is 1. The van der Waals surface area contributed by atoms with Crippen LogP contribution in [0.1, 0.15) is 18.4 Å². The number of fused-ring (bicyclic) bond motifs is 1. The molecule has 0 aliphatic carbocycles. The van der Waals surface area contributed by atoms with Gasteiger partial charge < -0.3 is 13.7 Å². The average Bonchev–Trinajstić information content (AvgIpc) is 3.63. The fourth-order valence-corrected chi connectivity index (χ4v) is 4.89. The summed E-state index contributed by atoms with van der Waals surface area (Å²) in [5.74, 6) is 1.57. The maximum atomic E-state index is 13.1. The van der Waals surface area contributed by atoms with Crippen LogP contribution < -0.4 is 11.2 Å². The van der Waals surface area contributed by atoms with Gasteiger partial charge >= 0.3 is 5.69 Å². The first-order chi connectivity index (χ1) is 17.6. The number of imidazole rings is 1. The summed E-state index contributed by atoms with van der Waals surface area (Å²) in [5.41, 5.74) is 1.37. The minimum Gasteiger partial charge on any atom is -0.453 e. The molecule has 36 heavy (non-hydrogen) atoms. The van der Waals surface area contributed by atoms with Crippen LogP contribution in [-0.2, 0) is 17.8 Å². The molecule has 2 aromatic carbocycles. The number of rotatable bonds is 6.